The van der Waals surface area contributed by atoms with Gasteiger partial charge in [-0.05, 0) is 6.42 Å². The molecule has 0 rings (SSSR count). The zero-order chi connectivity index (χ0) is 9.44. The summed E-state index contributed by atoms with van der Waals surface area (Å²) >= 11 is 0. The fourth-order valence-corrected chi connectivity index (χ4v) is 0.201. The first-order valence-corrected chi connectivity index (χ1v) is 5.51. The summed E-state index contributed by atoms with van der Waals surface area (Å²) in [7, 11) is 7.36. The molecule has 0 aromatic rings. The first-order chi connectivity index (χ1) is 4.91. The Morgan fingerprint density at radius 1 is 1.67 bits per heavy atom. The van der Waals surface area contributed by atoms with E-state index in [9.17, 15) is 4.79 Å². The molecule has 12 heavy (non-hydrogen) atoms. The standard InChI is InChI=1S/C4H10N2O.Cl2OS.ClH/c1-2-3(5)4(6)7;1-4(2)3;/h3H,2,5H2,1H3,(H2,6,7);;1H. The molecule has 0 spiro atoms. The fraction of sp³-hybridized carbons (Fsp3) is 0.750. The number of rotatable bonds is 2. The first kappa shape index (κ1) is 18.4. The molecule has 0 aromatic carbocycles. The molecule has 0 bridgehead atoms. The molecular formula is C4H11Cl3N2O2S. The van der Waals surface area contributed by atoms with Crippen molar-refractivity contribution in [3.05, 3.63) is 0 Å². The highest BCUT2D eigenvalue weighted by molar-refractivity contribution is 8.31. The molecule has 0 heterocycles. The molecule has 8 heteroatoms. The van der Waals surface area contributed by atoms with Gasteiger partial charge < -0.3 is 16.0 Å². The Kier molecular flexibility index (Phi) is 17.8. The third-order valence-electron chi connectivity index (χ3n) is 0.805. The average molecular weight is 258 g/mol. The van der Waals surface area contributed by atoms with E-state index in [0.717, 1.165) is 0 Å². The van der Waals surface area contributed by atoms with Gasteiger partial charge >= 0.3 is 0 Å². The van der Waals surface area contributed by atoms with Gasteiger partial charge in [0.05, 0.1) is 6.04 Å². The van der Waals surface area contributed by atoms with E-state index in [1.165, 1.54) is 0 Å². The Hall–Kier alpha value is 0.610. The molecule has 76 valence electrons. The summed E-state index contributed by atoms with van der Waals surface area (Å²) in [6.07, 6.45) is 0.620. The first-order valence-electron chi connectivity index (χ1n) is 2.71. The van der Waals surface area contributed by atoms with Gasteiger partial charge in [0.1, 0.15) is 0 Å². The van der Waals surface area contributed by atoms with Crippen LogP contribution in [0.1, 0.15) is 13.3 Å². The van der Waals surface area contributed by atoms with Crippen molar-refractivity contribution >= 4 is 49.3 Å². The van der Waals surface area contributed by atoms with Crippen LogP contribution in [0.5, 0.6) is 0 Å². The molecule has 4 N–H and O–H groups in total. The quantitative estimate of drug-likeness (QED) is 0.712. The van der Waals surface area contributed by atoms with Gasteiger partial charge in [-0.1, -0.05) is 6.92 Å². The number of carbonyl (C=O) groups is 1. The van der Waals surface area contributed by atoms with Crippen LogP contribution in [0.2, 0.25) is 0 Å². The van der Waals surface area contributed by atoms with Gasteiger partial charge in [-0.3, -0.25) is 4.79 Å². The lowest BCUT2D eigenvalue weighted by Gasteiger charge is -1.98. The molecule has 1 atom stereocenters. The number of carbonyl (C=O) groups excluding carboxylic acids is 1. The number of halogens is 3. The smallest absolute Gasteiger partial charge is 0.234 e. The maximum absolute atomic E-state index is 10.0. The number of hydrogen-bond donors (Lipinski definition) is 2. The molecule has 4 nitrogen and oxygen atoms in total. The topological polar surface area (TPSA) is 92.2 Å². The molecule has 0 aliphatic carbocycles. The predicted molar refractivity (Wildman–Crippen MR) is 54.6 cm³/mol. The Morgan fingerprint density at radius 3 is 1.92 bits per heavy atom. The second kappa shape index (κ2) is 11.6. The Balaban J connectivity index is -0.000000142. The van der Waals surface area contributed by atoms with Crippen molar-refractivity contribution in [1.82, 2.24) is 0 Å². The van der Waals surface area contributed by atoms with E-state index in [-0.39, 0.29) is 12.4 Å². The van der Waals surface area contributed by atoms with Gasteiger partial charge in [-0.25, -0.2) is 0 Å². The number of hydrogen-bond acceptors (Lipinski definition) is 3. The number of nitrogens with two attached hydrogens (primary N) is 2. The van der Waals surface area contributed by atoms with Crippen molar-refractivity contribution in [2.24, 2.45) is 11.5 Å². The second-order valence-corrected chi connectivity index (χ2v) is 4.13. The predicted octanol–water partition coefficient (Wildman–Crippen LogP) is 0.673. The lowest BCUT2D eigenvalue weighted by molar-refractivity contribution is -0.119. The zero-order valence-electron chi connectivity index (χ0n) is 6.33. The normalized spacial score (nSPS) is 10.8. The third-order valence-corrected chi connectivity index (χ3v) is 0.805. The lowest BCUT2D eigenvalue weighted by Crippen LogP contribution is -2.35. The molecule has 1 unspecified atom stereocenters. The van der Waals surface area contributed by atoms with Crippen LogP contribution >= 0.6 is 33.8 Å². The van der Waals surface area contributed by atoms with Gasteiger partial charge in [0.25, 0.3) is 0 Å². The van der Waals surface area contributed by atoms with E-state index in [4.69, 9.17) is 16.0 Å². The van der Waals surface area contributed by atoms with Gasteiger partial charge in [-0.2, -0.15) is 0 Å². The van der Waals surface area contributed by atoms with Crippen LogP contribution in [0.15, 0.2) is 0 Å². The number of primary amides is 1. The van der Waals surface area contributed by atoms with Crippen molar-refractivity contribution < 1.29 is 9.35 Å². The summed E-state index contributed by atoms with van der Waals surface area (Å²) in [5.74, 6) is -0.428. The van der Waals surface area contributed by atoms with Crippen LogP contribution < -0.4 is 11.5 Å². The van der Waals surface area contributed by atoms with Crippen LogP contribution in [0.3, 0.4) is 0 Å². The molecule has 0 aliphatic rings. The van der Waals surface area contributed by atoms with E-state index in [1.807, 2.05) is 6.92 Å². The van der Waals surface area contributed by atoms with Crippen molar-refractivity contribution in [1.29, 1.82) is 0 Å². The van der Waals surface area contributed by atoms with Gasteiger partial charge in [0.2, 0.25) is 5.91 Å². The van der Waals surface area contributed by atoms with Gasteiger partial charge in [0.15, 0.2) is 31.0 Å². The van der Waals surface area contributed by atoms with E-state index >= 15 is 0 Å². The largest absolute Gasteiger partial charge is 0.582 e. The Morgan fingerprint density at radius 2 is 1.92 bits per heavy atom. The van der Waals surface area contributed by atoms with E-state index < -0.39 is 21.6 Å². The highest BCUT2D eigenvalue weighted by Gasteiger charge is 2.02. The highest BCUT2D eigenvalue weighted by atomic mass is 36.0. The van der Waals surface area contributed by atoms with Gasteiger partial charge in [-0.15, -0.1) is 12.4 Å². The van der Waals surface area contributed by atoms with E-state index in [1.54, 1.807) is 0 Å². The van der Waals surface area contributed by atoms with Gasteiger partial charge in [0, 0.05) is 0 Å². The summed E-state index contributed by atoms with van der Waals surface area (Å²) in [6.45, 7) is 1.81. The van der Waals surface area contributed by atoms with Crippen LogP contribution in [0, 0.1) is 0 Å². The maximum Gasteiger partial charge on any atom is 0.234 e. The minimum atomic E-state index is -1.67. The van der Waals surface area contributed by atoms with Crippen molar-refractivity contribution in [2.75, 3.05) is 0 Å². The van der Waals surface area contributed by atoms with Crippen LogP contribution in [-0.2, 0) is 14.4 Å². The summed E-state index contributed by atoms with van der Waals surface area (Å²) in [4.78, 5) is 10.0. The average Bonchev–Trinajstić information content (AvgIpc) is 1.85. The summed E-state index contributed by atoms with van der Waals surface area (Å²) in [6, 6.07) is -0.458. The third kappa shape index (κ3) is 22.4. The van der Waals surface area contributed by atoms with Crippen LogP contribution in [0.4, 0.5) is 0 Å². The number of amides is 1. The Labute approximate surface area is 89.5 Å². The van der Waals surface area contributed by atoms with Crippen molar-refractivity contribution in [3.8, 4) is 0 Å². The molecule has 0 aliphatic heterocycles. The Bertz CT molecular complexity index is 114. The summed E-state index contributed by atoms with van der Waals surface area (Å²) in [5, 5.41) is 0. The molecule has 0 radical (unpaired) electrons. The maximum atomic E-state index is 10.0. The molecule has 1 amide bonds. The monoisotopic (exact) mass is 256 g/mol. The molecule has 0 aromatic heterocycles. The molecule has 0 fully saturated rings. The highest BCUT2D eigenvalue weighted by Crippen LogP contribution is 1.98. The fourth-order valence-electron chi connectivity index (χ4n) is 0.201. The summed E-state index contributed by atoms with van der Waals surface area (Å²) in [5.41, 5.74) is 9.92. The second-order valence-electron chi connectivity index (χ2n) is 1.60. The lowest BCUT2D eigenvalue weighted by atomic mass is 10.2. The van der Waals surface area contributed by atoms with Crippen LogP contribution in [0.25, 0.3) is 0 Å². The minimum absolute atomic E-state index is 0. The summed E-state index contributed by atoms with van der Waals surface area (Å²) < 4.78 is 9.09. The van der Waals surface area contributed by atoms with E-state index in [0.29, 0.717) is 6.42 Å². The SMILES string of the molecule is CCC(N)C(N)=O.Cl.[O-][S+](Cl)Cl. The molecular weight excluding hydrogens is 246 g/mol. The van der Waals surface area contributed by atoms with Crippen LogP contribution in [-0.4, -0.2) is 16.5 Å². The zero-order valence-corrected chi connectivity index (χ0v) is 9.47. The minimum Gasteiger partial charge on any atom is -0.582 e. The van der Waals surface area contributed by atoms with Crippen molar-refractivity contribution in [2.45, 2.75) is 19.4 Å². The van der Waals surface area contributed by atoms with Crippen molar-refractivity contribution in [3.63, 3.8) is 0 Å². The molecule has 0 saturated heterocycles. The molecule has 0 saturated carbocycles. The van der Waals surface area contributed by atoms with E-state index in [2.05, 4.69) is 21.4 Å².